The molecule has 4 N–H and O–H groups in total. The van der Waals surface area contributed by atoms with Crippen LogP contribution in [0.2, 0.25) is 0 Å². The first-order valence-electron chi connectivity index (χ1n) is 19.0. The highest BCUT2D eigenvalue weighted by Gasteiger charge is 2.19. The normalized spacial score (nSPS) is 11.5. The lowest BCUT2D eigenvalue weighted by atomic mass is 10.1. The van der Waals surface area contributed by atoms with Gasteiger partial charge in [-0.3, -0.25) is 9.11 Å². The van der Waals surface area contributed by atoms with Gasteiger partial charge in [0.2, 0.25) is 11.8 Å². The van der Waals surface area contributed by atoms with Crippen molar-refractivity contribution in [2.45, 2.75) is 9.79 Å². The van der Waals surface area contributed by atoms with Crippen molar-refractivity contribution in [3.8, 4) is 46.8 Å². The van der Waals surface area contributed by atoms with E-state index in [1.165, 1.54) is 48.6 Å². The minimum Gasteiger partial charge on any atom is -0.439 e. The fourth-order valence-corrected chi connectivity index (χ4v) is 7.38. The molecule has 0 fully saturated rings. The van der Waals surface area contributed by atoms with Crippen LogP contribution in [0.15, 0.2) is 180 Å². The molecule has 2 heterocycles. The maximum atomic E-state index is 12.7. The third kappa shape index (κ3) is 11.4. The Morgan fingerprint density at radius 3 is 1.06 bits per heavy atom. The Labute approximate surface area is 367 Å². The van der Waals surface area contributed by atoms with Crippen molar-refractivity contribution in [3.05, 3.63) is 181 Å². The highest BCUT2D eigenvalue weighted by Crippen LogP contribution is 2.32. The van der Waals surface area contributed by atoms with E-state index in [4.69, 9.17) is 18.9 Å². The van der Waals surface area contributed by atoms with Crippen molar-refractivity contribution in [1.29, 1.82) is 0 Å². The molecule has 0 saturated heterocycles. The van der Waals surface area contributed by atoms with Crippen LogP contribution in [-0.2, 0) is 20.2 Å². The molecule has 64 heavy (non-hydrogen) atoms. The summed E-state index contributed by atoms with van der Waals surface area (Å²) in [5, 5.41) is 6.00. The zero-order valence-corrected chi connectivity index (χ0v) is 34.7. The van der Waals surface area contributed by atoms with E-state index in [0.717, 1.165) is 12.1 Å². The predicted molar refractivity (Wildman–Crippen MR) is 238 cm³/mol. The lowest BCUT2D eigenvalue weighted by Gasteiger charge is -2.13. The molecule has 0 spiro atoms. The van der Waals surface area contributed by atoms with Crippen molar-refractivity contribution in [1.82, 2.24) is 19.9 Å². The average molecular weight is 895 g/mol. The topological polar surface area (TPSA) is 221 Å². The van der Waals surface area contributed by atoms with Crippen molar-refractivity contribution in [2.24, 2.45) is 0 Å². The molecule has 18 heteroatoms. The summed E-state index contributed by atoms with van der Waals surface area (Å²) in [6, 6.07) is 46.3. The van der Waals surface area contributed by atoms with Crippen molar-refractivity contribution >= 4 is 55.4 Å². The first-order chi connectivity index (χ1) is 30.9. The third-order valence-corrected chi connectivity index (χ3v) is 10.6. The second kappa shape index (κ2) is 18.8. The molecular formula is C46H34N6O10S2. The van der Waals surface area contributed by atoms with Crippen molar-refractivity contribution < 1.29 is 44.9 Å². The lowest BCUT2D eigenvalue weighted by Crippen LogP contribution is -2.04. The van der Waals surface area contributed by atoms with Crippen LogP contribution in [0, 0.1) is 0 Å². The first kappa shape index (κ1) is 42.5. The maximum Gasteiger partial charge on any atom is 0.327 e. The monoisotopic (exact) mass is 894 g/mol. The molecular weight excluding hydrogens is 861 g/mol. The van der Waals surface area contributed by atoms with Crippen LogP contribution in [0.25, 0.3) is 12.2 Å². The van der Waals surface area contributed by atoms with Gasteiger partial charge in [-0.2, -0.15) is 36.8 Å². The second-order valence-electron chi connectivity index (χ2n) is 13.4. The Hall–Kier alpha value is -8.16. The summed E-state index contributed by atoms with van der Waals surface area (Å²) in [6.07, 6.45) is 2.55. The third-order valence-electron chi connectivity index (χ3n) is 8.77. The first-order valence-corrected chi connectivity index (χ1v) is 21.9. The van der Waals surface area contributed by atoms with E-state index in [-0.39, 0.29) is 57.9 Å². The molecule has 0 aliphatic carbocycles. The Balaban J connectivity index is 1.07. The molecule has 0 unspecified atom stereocenters. The zero-order valence-electron chi connectivity index (χ0n) is 33.1. The van der Waals surface area contributed by atoms with E-state index in [0.29, 0.717) is 23.0 Å². The zero-order chi connectivity index (χ0) is 44.5. The highest BCUT2D eigenvalue weighted by atomic mass is 32.2. The lowest BCUT2D eigenvalue weighted by molar-refractivity contribution is 0.412. The summed E-state index contributed by atoms with van der Waals surface area (Å²) in [6.45, 7) is 0. The molecule has 0 aliphatic heterocycles. The minimum atomic E-state index is -4.86. The van der Waals surface area contributed by atoms with Gasteiger partial charge in [0.15, 0.2) is 0 Å². The largest absolute Gasteiger partial charge is 0.439 e. The summed E-state index contributed by atoms with van der Waals surface area (Å²) in [7, 11) is -9.72. The van der Waals surface area contributed by atoms with Gasteiger partial charge in [0.05, 0.1) is 0 Å². The van der Waals surface area contributed by atoms with E-state index < -0.39 is 30.0 Å². The Kier molecular flexibility index (Phi) is 12.5. The van der Waals surface area contributed by atoms with E-state index >= 15 is 0 Å². The van der Waals surface area contributed by atoms with Gasteiger partial charge in [-0.1, -0.05) is 97.1 Å². The fraction of sp³-hybridized carbons (Fsp3) is 0. The highest BCUT2D eigenvalue weighted by molar-refractivity contribution is 7.86. The molecule has 320 valence electrons. The van der Waals surface area contributed by atoms with E-state index in [9.17, 15) is 25.9 Å². The van der Waals surface area contributed by atoms with Gasteiger partial charge < -0.3 is 29.6 Å². The van der Waals surface area contributed by atoms with E-state index in [2.05, 4.69) is 30.6 Å². The summed E-state index contributed by atoms with van der Waals surface area (Å²) < 4.78 is 95.1. The molecule has 16 nitrogen and oxygen atoms in total. The maximum absolute atomic E-state index is 12.7. The molecule has 0 atom stereocenters. The number of aromatic nitrogens is 4. The molecule has 0 radical (unpaired) electrons. The number of hydrogen-bond donors (Lipinski definition) is 4. The van der Waals surface area contributed by atoms with Crippen LogP contribution < -0.4 is 29.6 Å². The Bertz CT molecular complexity index is 2840. The van der Waals surface area contributed by atoms with Gasteiger partial charge in [-0.05, 0) is 83.9 Å². The van der Waals surface area contributed by atoms with Crippen molar-refractivity contribution in [3.63, 3.8) is 0 Å². The number of ether oxygens (including phenoxy) is 4. The number of nitrogens with zero attached hydrogens (tertiary/aromatic N) is 4. The SMILES string of the molecule is O=S(=O)(O)c1cc(Nc2cc(Oc3ccccc3)nc(Oc3ccccc3)n2)ccc1C=Cc1ccc(Nc2cc(Oc3ccccc3)nc(Oc3ccccc3)n2)cc1S(=O)(=O)O. The second-order valence-corrected chi connectivity index (χ2v) is 16.2. The van der Waals surface area contributed by atoms with Crippen LogP contribution in [0.5, 0.6) is 46.8 Å². The number of anilines is 4. The smallest absolute Gasteiger partial charge is 0.327 e. The molecule has 0 bridgehead atoms. The molecule has 8 aromatic rings. The molecule has 8 rings (SSSR count). The Morgan fingerprint density at radius 1 is 0.406 bits per heavy atom. The predicted octanol–water partition coefficient (Wildman–Crippen LogP) is 10.6. The van der Waals surface area contributed by atoms with E-state index in [1.54, 1.807) is 97.1 Å². The minimum absolute atomic E-state index is 0.0155. The van der Waals surface area contributed by atoms with Gasteiger partial charge >= 0.3 is 12.0 Å². The molecule has 2 aromatic heterocycles. The van der Waals surface area contributed by atoms with Gasteiger partial charge in [0, 0.05) is 23.5 Å². The summed E-state index contributed by atoms with van der Waals surface area (Å²) >= 11 is 0. The molecule has 0 aliphatic rings. The average Bonchev–Trinajstić information content (AvgIpc) is 3.27. The standard InChI is InChI=1S/C46H34N6O10S2/c53-63(54,55)39-27-33(47-41-29-43(59-35-13-5-1-6-14-35)51-45(49-41)61-37-17-9-3-10-18-37)25-23-31(39)21-22-32-24-26-34(28-40(32)64(56,57)58)48-42-30-44(60-36-15-7-2-8-16-36)52-46(50-42)62-38-19-11-4-12-20-38/h1-30H,(H,47,49,51)(H,48,50,52)(H,53,54,55)(H,56,57,58). The number of hydrogen-bond acceptors (Lipinski definition) is 14. The summed E-state index contributed by atoms with van der Waals surface area (Å²) in [5.74, 6) is 2.42. The number of rotatable bonds is 16. The van der Waals surface area contributed by atoms with Crippen LogP contribution in [0.4, 0.5) is 23.0 Å². The summed E-state index contributed by atoms with van der Waals surface area (Å²) in [4.78, 5) is 16.5. The van der Waals surface area contributed by atoms with E-state index in [1.807, 2.05) is 24.3 Å². The quantitative estimate of drug-likeness (QED) is 0.0523. The Morgan fingerprint density at radius 2 is 0.734 bits per heavy atom. The van der Waals surface area contributed by atoms with Crippen LogP contribution >= 0.6 is 0 Å². The van der Waals surface area contributed by atoms with Crippen LogP contribution in [0.1, 0.15) is 11.1 Å². The molecule has 0 amide bonds. The van der Waals surface area contributed by atoms with Crippen molar-refractivity contribution in [2.75, 3.05) is 10.6 Å². The summed E-state index contributed by atoms with van der Waals surface area (Å²) in [5.41, 5.74) is 0.345. The van der Waals surface area contributed by atoms with Gasteiger partial charge in [0.25, 0.3) is 20.2 Å². The number of para-hydroxylation sites is 4. The number of benzene rings is 6. The van der Waals surface area contributed by atoms with Crippen LogP contribution in [0.3, 0.4) is 0 Å². The van der Waals surface area contributed by atoms with Gasteiger partial charge in [-0.25, -0.2) is 0 Å². The molecule has 6 aromatic carbocycles. The van der Waals surface area contributed by atoms with Gasteiger partial charge in [-0.15, -0.1) is 0 Å². The van der Waals surface area contributed by atoms with Gasteiger partial charge in [0.1, 0.15) is 44.4 Å². The number of nitrogens with one attached hydrogen (secondary N) is 2. The molecule has 0 saturated carbocycles. The van der Waals surface area contributed by atoms with Crippen LogP contribution in [-0.4, -0.2) is 45.9 Å². The fourth-order valence-electron chi connectivity index (χ4n) is 5.96.